The molecule has 0 saturated carbocycles. The van der Waals surface area contributed by atoms with Crippen molar-refractivity contribution >= 4 is 29.0 Å². The fraction of sp³-hybridized carbons (Fsp3) is 0.409. The van der Waals surface area contributed by atoms with Crippen molar-refractivity contribution in [3.05, 3.63) is 57.3 Å². The molecule has 0 radical (unpaired) electrons. The van der Waals surface area contributed by atoms with Gasteiger partial charge in [-0.1, -0.05) is 36.8 Å². The maximum Gasteiger partial charge on any atom is 0.348 e. The second-order valence-electron chi connectivity index (χ2n) is 7.12. The van der Waals surface area contributed by atoms with Crippen LogP contribution in [0.15, 0.2) is 36.4 Å². The topological polar surface area (TPSA) is 72.5 Å². The van der Waals surface area contributed by atoms with E-state index in [4.69, 9.17) is 4.74 Å². The Hall–Kier alpha value is -2.47. The van der Waals surface area contributed by atoms with E-state index in [1.165, 1.54) is 35.1 Å². The highest BCUT2D eigenvalue weighted by molar-refractivity contribution is 7.14. The number of rotatable bonds is 7. The van der Waals surface area contributed by atoms with Gasteiger partial charge in [0.15, 0.2) is 12.4 Å². The van der Waals surface area contributed by atoms with E-state index in [1.807, 2.05) is 36.4 Å². The number of hydrogen-bond acceptors (Lipinski definition) is 5. The summed E-state index contributed by atoms with van der Waals surface area (Å²) in [6.45, 7) is 1.05. The number of carbonyl (C=O) groups excluding carboxylic acids is 3. The van der Waals surface area contributed by atoms with Gasteiger partial charge in [-0.25, -0.2) is 4.79 Å². The van der Waals surface area contributed by atoms with Gasteiger partial charge in [0.1, 0.15) is 4.88 Å². The first-order valence-corrected chi connectivity index (χ1v) is 10.5. The molecule has 0 fully saturated rings. The number of Topliss-reactive ketones (excluding diaryl/α,β-unsaturated/α-hetero) is 1. The lowest BCUT2D eigenvalue weighted by Crippen LogP contribution is -2.43. The SMILES string of the molecule is CC(=O)[C@H](Cc1ccccc1)NC(=O)COC(=O)c1cc2c(s1)CCCCC2. The number of thiophene rings is 1. The average Bonchev–Trinajstić information content (AvgIpc) is 2.97. The molecule has 0 saturated heterocycles. The summed E-state index contributed by atoms with van der Waals surface area (Å²) in [7, 11) is 0. The zero-order valence-corrected chi connectivity index (χ0v) is 16.8. The van der Waals surface area contributed by atoms with Gasteiger partial charge in [0.05, 0.1) is 6.04 Å². The maximum atomic E-state index is 12.3. The molecule has 0 unspecified atom stereocenters. The predicted octanol–water partition coefficient (Wildman–Crippen LogP) is 3.49. The third-order valence-electron chi connectivity index (χ3n) is 4.89. The average molecular weight is 400 g/mol. The molecular weight excluding hydrogens is 374 g/mol. The first-order chi connectivity index (χ1) is 13.5. The van der Waals surface area contributed by atoms with E-state index in [-0.39, 0.29) is 12.4 Å². The van der Waals surface area contributed by atoms with Gasteiger partial charge in [0.25, 0.3) is 5.91 Å². The lowest BCUT2D eigenvalue weighted by Gasteiger charge is -2.16. The molecule has 1 N–H and O–H groups in total. The molecule has 0 spiro atoms. The Bertz CT molecular complexity index is 820. The summed E-state index contributed by atoms with van der Waals surface area (Å²) in [5, 5.41) is 2.67. The molecule has 28 heavy (non-hydrogen) atoms. The minimum atomic E-state index is -0.633. The van der Waals surface area contributed by atoms with Gasteiger partial charge in [0, 0.05) is 4.88 Å². The largest absolute Gasteiger partial charge is 0.451 e. The number of nitrogens with one attached hydrogen (secondary N) is 1. The van der Waals surface area contributed by atoms with Crippen molar-refractivity contribution < 1.29 is 19.1 Å². The molecule has 1 atom stereocenters. The third kappa shape index (κ3) is 5.52. The lowest BCUT2D eigenvalue weighted by atomic mass is 10.0. The summed E-state index contributed by atoms with van der Waals surface area (Å²) < 4.78 is 5.18. The van der Waals surface area contributed by atoms with E-state index in [2.05, 4.69) is 5.32 Å². The van der Waals surface area contributed by atoms with E-state index >= 15 is 0 Å². The minimum Gasteiger partial charge on any atom is -0.451 e. The second-order valence-corrected chi connectivity index (χ2v) is 8.25. The minimum absolute atomic E-state index is 0.134. The van der Waals surface area contributed by atoms with Gasteiger partial charge in [-0.05, 0) is 56.2 Å². The van der Waals surface area contributed by atoms with E-state index in [9.17, 15) is 14.4 Å². The molecule has 3 rings (SSSR count). The number of hydrogen-bond donors (Lipinski definition) is 1. The number of ketones is 1. The second kappa shape index (κ2) is 9.64. The molecule has 5 nitrogen and oxygen atoms in total. The van der Waals surface area contributed by atoms with Gasteiger partial charge in [0.2, 0.25) is 0 Å². The van der Waals surface area contributed by atoms with Gasteiger partial charge in [-0.2, -0.15) is 0 Å². The number of fused-ring (bicyclic) bond motifs is 1. The first kappa shape index (κ1) is 20.3. The van der Waals surface area contributed by atoms with E-state index in [0.717, 1.165) is 31.2 Å². The summed E-state index contributed by atoms with van der Waals surface area (Å²) in [6, 6.07) is 10.8. The van der Waals surface area contributed by atoms with Gasteiger partial charge < -0.3 is 10.1 Å². The Kier molecular flexibility index (Phi) is 6.98. The van der Waals surface area contributed by atoms with Crippen LogP contribution in [0.5, 0.6) is 0 Å². The van der Waals surface area contributed by atoms with Crippen LogP contribution in [0.25, 0.3) is 0 Å². The number of benzene rings is 1. The van der Waals surface area contributed by atoms with Gasteiger partial charge in [-0.3, -0.25) is 9.59 Å². The molecule has 0 bridgehead atoms. The van der Waals surface area contributed by atoms with Crippen LogP contribution in [0.3, 0.4) is 0 Å². The highest BCUT2D eigenvalue weighted by atomic mass is 32.1. The van der Waals surface area contributed by atoms with Crippen LogP contribution in [0.4, 0.5) is 0 Å². The lowest BCUT2D eigenvalue weighted by molar-refractivity contribution is -0.128. The zero-order valence-electron chi connectivity index (χ0n) is 16.0. The normalized spacial score (nSPS) is 14.5. The quantitative estimate of drug-likeness (QED) is 0.571. The molecule has 2 aromatic rings. The molecule has 0 aliphatic heterocycles. The fourth-order valence-corrected chi connectivity index (χ4v) is 4.50. The summed E-state index contributed by atoms with van der Waals surface area (Å²) in [4.78, 5) is 38.2. The Labute approximate surface area is 169 Å². The number of esters is 1. The van der Waals surface area contributed by atoms with Crippen LogP contribution in [-0.2, 0) is 33.6 Å². The molecule has 1 amide bonds. The monoisotopic (exact) mass is 399 g/mol. The number of carbonyl (C=O) groups is 3. The van der Waals surface area contributed by atoms with Crippen LogP contribution in [0.1, 0.15) is 51.9 Å². The number of amides is 1. The van der Waals surface area contributed by atoms with Gasteiger partial charge >= 0.3 is 5.97 Å². The highest BCUT2D eigenvalue weighted by Crippen LogP contribution is 2.29. The molecule has 6 heteroatoms. The fourth-order valence-electron chi connectivity index (χ4n) is 3.35. The van der Waals surface area contributed by atoms with Crippen LogP contribution >= 0.6 is 11.3 Å². The van der Waals surface area contributed by atoms with Crippen LogP contribution in [-0.4, -0.2) is 30.3 Å². The predicted molar refractivity (Wildman–Crippen MR) is 109 cm³/mol. The molecule has 1 aromatic heterocycles. The smallest absolute Gasteiger partial charge is 0.348 e. The Morgan fingerprint density at radius 3 is 2.61 bits per heavy atom. The Morgan fingerprint density at radius 1 is 1.11 bits per heavy atom. The van der Waals surface area contributed by atoms with Crippen molar-refractivity contribution in [2.45, 2.75) is 51.5 Å². The Morgan fingerprint density at radius 2 is 1.86 bits per heavy atom. The number of ether oxygens (including phenoxy) is 1. The van der Waals surface area contributed by atoms with Crippen molar-refractivity contribution in [3.8, 4) is 0 Å². The van der Waals surface area contributed by atoms with E-state index in [1.54, 1.807) is 0 Å². The molecule has 1 aliphatic carbocycles. The maximum absolute atomic E-state index is 12.3. The van der Waals surface area contributed by atoms with Crippen molar-refractivity contribution in [1.29, 1.82) is 0 Å². The zero-order chi connectivity index (χ0) is 19.9. The van der Waals surface area contributed by atoms with Gasteiger partial charge in [-0.15, -0.1) is 11.3 Å². The molecule has 1 aliphatic rings. The van der Waals surface area contributed by atoms with Crippen LogP contribution < -0.4 is 5.32 Å². The Balaban J connectivity index is 1.52. The summed E-state index contributed by atoms with van der Waals surface area (Å²) in [6.07, 6.45) is 5.94. The van der Waals surface area contributed by atoms with Crippen molar-refractivity contribution in [3.63, 3.8) is 0 Å². The standard InChI is InChI=1S/C22H25NO4S/c1-15(24)18(12-16-8-4-2-5-9-16)23-21(25)14-27-22(26)20-13-17-10-6-3-7-11-19(17)28-20/h2,4-5,8-9,13,18H,3,6-7,10-12,14H2,1H3,(H,23,25)/t18-/m0/s1. The van der Waals surface area contributed by atoms with Crippen molar-refractivity contribution in [2.75, 3.05) is 6.61 Å². The van der Waals surface area contributed by atoms with E-state index in [0.29, 0.717) is 11.3 Å². The summed E-state index contributed by atoms with van der Waals surface area (Å²) in [5.74, 6) is -1.08. The molecule has 1 aromatic carbocycles. The molecule has 148 valence electrons. The van der Waals surface area contributed by atoms with Crippen molar-refractivity contribution in [2.24, 2.45) is 0 Å². The molecular formula is C22H25NO4S. The van der Waals surface area contributed by atoms with Crippen LogP contribution in [0.2, 0.25) is 0 Å². The summed E-state index contributed by atoms with van der Waals surface area (Å²) >= 11 is 1.47. The molecule has 1 heterocycles. The highest BCUT2D eigenvalue weighted by Gasteiger charge is 2.21. The number of aryl methyl sites for hydroxylation is 2. The summed E-state index contributed by atoms with van der Waals surface area (Å²) in [5.41, 5.74) is 2.19. The first-order valence-electron chi connectivity index (χ1n) is 9.65. The van der Waals surface area contributed by atoms with Crippen molar-refractivity contribution in [1.82, 2.24) is 5.32 Å². The van der Waals surface area contributed by atoms with E-state index < -0.39 is 17.9 Å². The van der Waals surface area contributed by atoms with Crippen LogP contribution in [0, 0.1) is 0 Å². The third-order valence-corrected chi connectivity index (χ3v) is 6.11.